The van der Waals surface area contributed by atoms with Crippen molar-refractivity contribution in [1.82, 2.24) is 20.4 Å². The van der Waals surface area contributed by atoms with Crippen molar-refractivity contribution >= 4 is 27.9 Å². The monoisotopic (exact) mass is 420 g/mol. The summed E-state index contributed by atoms with van der Waals surface area (Å²) in [6.45, 7) is 5.90. The van der Waals surface area contributed by atoms with Crippen LogP contribution in [0.1, 0.15) is 39.5 Å². The molecule has 1 fully saturated rings. The Bertz CT molecular complexity index is 818. The summed E-state index contributed by atoms with van der Waals surface area (Å²) in [5.74, 6) is 0.767. The molecule has 8 heteroatoms. The van der Waals surface area contributed by atoms with Gasteiger partial charge in [0.15, 0.2) is 0 Å². The molecule has 1 atom stereocenters. The molecule has 1 aromatic carbocycles. The van der Waals surface area contributed by atoms with E-state index in [1.165, 1.54) is 0 Å². The zero-order valence-electron chi connectivity index (χ0n) is 15.0. The Morgan fingerprint density at radius 1 is 1.23 bits per heavy atom. The van der Waals surface area contributed by atoms with E-state index in [2.05, 4.69) is 45.3 Å². The third-order valence-electron chi connectivity index (χ3n) is 4.42. The molecule has 1 unspecified atom stereocenters. The first kappa shape index (κ1) is 18.6. The van der Waals surface area contributed by atoms with E-state index < -0.39 is 11.6 Å². The first-order chi connectivity index (χ1) is 12.3. The molecule has 0 bridgehead atoms. The van der Waals surface area contributed by atoms with Crippen LogP contribution >= 0.6 is 15.9 Å². The molecule has 7 nitrogen and oxygen atoms in total. The Balaban J connectivity index is 1.72. The summed E-state index contributed by atoms with van der Waals surface area (Å²) >= 11 is 3.37. The maximum Gasteiger partial charge on any atom is 0.325 e. The van der Waals surface area contributed by atoms with E-state index in [0.29, 0.717) is 18.2 Å². The fraction of sp³-hybridized carbons (Fsp3) is 0.444. The smallest absolute Gasteiger partial charge is 0.325 e. The molecular weight excluding hydrogens is 400 g/mol. The van der Waals surface area contributed by atoms with Crippen LogP contribution in [0.25, 0.3) is 11.5 Å². The van der Waals surface area contributed by atoms with E-state index in [4.69, 9.17) is 4.42 Å². The van der Waals surface area contributed by atoms with Gasteiger partial charge in [-0.25, -0.2) is 4.79 Å². The molecule has 3 rings (SSSR count). The second-order valence-electron chi connectivity index (χ2n) is 7.09. The normalized spacial score (nSPS) is 20.1. The van der Waals surface area contributed by atoms with Crippen molar-refractivity contribution in [3.8, 4) is 11.5 Å². The van der Waals surface area contributed by atoms with Crippen molar-refractivity contribution in [3.05, 3.63) is 34.6 Å². The van der Waals surface area contributed by atoms with Gasteiger partial charge in [-0.3, -0.25) is 9.69 Å². The summed E-state index contributed by atoms with van der Waals surface area (Å²) in [5.41, 5.74) is -0.110. The number of amides is 3. The van der Waals surface area contributed by atoms with E-state index in [0.717, 1.165) is 21.4 Å². The van der Waals surface area contributed by atoms with Crippen LogP contribution < -0.4 is 5.32 Å². The lowest BCUT2D eigenvalue weighted by Gasteiger charge is -2.22. The summed E-state index contributed by atoms with van der Waals surface area (Å²) in [6.07, 6.45) is 1.45. The Morgan fingerprint density at radius 2 is 1.92 bits per heavy atom. The highest BCUT2D eigenvalue weighted by Crippen LogP contribution is 2.27. The number of carbonyl (C=O) groups is 2. The van der Waals surface area contributed by atoms with E-state index in [1.54, 1.807) is 6.92 Å². The van der Waals surface area contributed by atoms with E-state index in [9.17, 15) is 9.59 Å². The Labute approximate surface area is 160 Å². The van der Waals surface area contributed by atoms with Gasteiger partial charge in [0, 0.05) is 10.0 Å². The fourth-order valence-corrected chi connectivity index (χ4v) is 3.06. The van der Waals surface area contributed by atoms with Crippen LogP contribution in [0.5, 0.6) is 0 Å². The van der Waals surface area contributed by atoms with E-state index in [1.807, 2.05) is 24.3 Å². The molecule has 1 aromatic heterocycles. The largest absolute Gasteiger partial charge is 0.419 e. The molecule has 0 saturated carbocycles. The van der Waals surface area contributed by atoms with Gasteiger partial charge < -0.3 is 9.73 Å². The lowest BCUT2D eigenvalue weighted by atomic mass is 9.92. The maximum atomic E-state index is 12.7. The molecule has 1 aliphatic heterocycles. The molecule has 1 aliphatic rings. The van der Waals surface area contributed by atoms with Crippen molar-refractivity contribution in [3.63, 3.8) is 0 Å². The molecule has 26 heavy (non-hydrogen) atoms. The molecule has 0 aliphatic carbocycles. The first-order valence-electron chi connectivity index (χ1n) is 8.51. The summed E-state index contributed by atoms with van der Waals surface area (Å²) in [5, 5.41) is 10.8. The number of aromatic nitrogens is 2. The Morgan fingerprint density at radius 3 is 2.58 bits per heavy atom. The van der Waals surface area contributed by atoms with Gasteiger partial charge in [0.05, 0.1) is 0 Å². The molecule has 1 N–H and O–H groups in total. The number of imide groups is 1. The van der Waals surface area contributed by atoms with Crippen molar-refractivity contribution < 1.29 is 14.0 Å². The number of carbonyl (C=O) groups excluding carboxylic acids is 2. The number of rotatable bonds is 6. The van der Waals surface area contributed by atoms with Crippen molar-refractivity contribution in [2.24, 2.45) is 5.92 Å². The van der Waals surface area contributed by atoms with Crippen LogP contribution in [0.3, 0.4) is 0 Å². The number of urea groups is 1. The number of benzene rings is 1. The van der Waals surface area contributed by atoms with Crippen LogP contribution in [0.4, 0.5) is 4.79 Å². The Kier molecular flexibility index (Phi) is 5.13. The van der Waals surface area contributed by atoms with E-state index in [-0.39, 0.29) is 18.3 Å². The Hall–Kier alpha value is -2.22. The predicted molar refractivity (Wildman–Crippen MR) is 99.0 cm³/mol. The number of halogens is 1. The van der Waals surface area contributed by atoms with Crippen LogP contribution in [0.15, 0.2) is 33.2 Å². The van der Waals surface area contributed by atoms with Gasteiger partial charge in [0.2, 0.25) is 11.8 Å². The maximum absolute atomic E-state index is 12.7. The van der Waals surface area contributed by atoms with Gasteiger partial charge in [0.25, 0.3) is 5.91 Å². The lowest BCUT2D eigenvalue weighted by molar-refractivity contribution is -0.131. The van der Waals surface area contributed by atoms with Crippen molar-refractivity contribution in [2.75, 3.05) is 0 Å². The average Bonchev–Trinajstić information content (AvgIpc) is 3.13. The minimum absolute atomic E-state index is 0.0362. The standard InChI is InChI=1S/C18H21BrN4O3/c1-11(2)8-9-18(3)16(24)23(17(25)20-18)10-14-21-22-15(26-14)12-4-6-13(19)7-5-12/h4-7,11H,8-10H2,1-3H3,(H,20,25). The van der Waals surface area contributed by atoms with Gasteiger partial charge >= 0.3 is 6.03 Å². The molecule has 0 spiro atoms. The predicted octanol–water partition coefficient (Wildman–Crippen LogP) is 3.75. The molecular formula is C18H21BrN4O3. The number of hydrogen-bond acceptors (Lipinski definition) is 5. The quantitative estimate of drug-likeness (QED) is 0.718. The fourth-order valence-electron chi connectivity index (χ4n) is 2.80. The summed E-state index contributed by atoms with van der Waals surface area (Å²) < 4.78 is 6.57. The molecule has 2 aromatic rings. The van der Waals surface area contributed by atoms with Crippen molar-refractivity contribution in [1.29, 1.82) is 0 Å². The van der Waals surface area contributed by atoms with Crippen LogP contribution in [-0.4, -0.2) is 32.6 Å². The zero-order valence-corrected chi connectivity index (χ0v) is 16.5. The summed E-state index contributed by atoms with van der Waals surface area (Å²) in [4.78, 5) is 26.1. The topological polar surface area (TPSA) is 88.3 Å². The molecule has 138 valence electrons. The number of nitrogens with one attached hydrogen (secondary N) is 1. The highest BCUT2D eigenvalue weighted by Gasteiger charge is 2.47. The third kappa shape index (κ3) is 3.80. The highest BCUT2D eigenvalue weighted by molar-refractivity contribution is 9.10. The second kappa shape index (κ2) is 7.19. The van der Waals surface area contributed by atoms with Gasteiger partial charge in [-0.2, -0.15) is 0 Å². The van der Waals surface area contributed by atoms with Gasteiger partial charge in [-0.1, -0.05) is 29.8 Å². The minimum Gasteiger partial charge on any atom is -0.419 e. The first-order valence-corrected chi connectivity index (χ1v) is 9.30. The molecule has 2 heterocycles. The van der Waals surface area contributed by atoms with Gasteiger partial charge in [0.1, 0.15) is 12.1 Å². The second-order valence-corrected chi connectivity index (χ2v) is 8.01. The minimum atomic E-state index is -0.879. The van der Waals surface area contributed by atoms with Crippen LogP contribution in [0, 0.1) is 5.92 Å². The summed E-state index contributed by atoms with van der Waals surface area (Å²) in [7, 11) is 0. The molecule has 1 saturated heterocycles. The van der Waals surface area contributed by atoms with Gasteiger partial charge in [-0.05, 0) is 49.9 Å². The number of hydrogen-bond donors (Lipinski definition) is 1. The van der Waals surface area contributed by atoms with E-state index >= 15 is 0 Å². The van der Waals surface area contributed by atoms with Crippen LogP contribution in [0.2, 0.25) is 0 Å². The summed E-state index contributed by atoms with van der Waals surface area (Å²) in [6, 6.07) is 7.01. The average molecular weight is 421 g/mol. The van der Waals surface area contributed by atoms with Crippen molar-refractivity contribution in [2.45, 2.75) is 45.7 Å². The zero-order chi connectivity index (χ0) is 18.9. The SMILES string of the molecule is CC(C)CCC1(C)NC(=O)N(Cc2nnc(-c3ccc(Br)cc3)o2)C1=O. The number of nitrogens with zero attached hydrogens (tertiary/aromatic N) is 3. The molecule has 0 radical (unpaired) electrons. The highest BCUT2D eigenvalue weighted by atomic mass is 79.9. The van der Waals surface area contributed by atoms with Crippen LogP contribution in [-0.2, 0) is 11.3 Å². The van der Waals surface area contributed by atoms with Gasteiger partial charge in [-0.15, -0.1) is 10.2 Å². The lowest BCUT2D eigenvalue weighted by Crippen LogP contribution is -2.44. The third-order valence-corrected chi connectivity index (χ3v) is 4.95. The molecule has 3 amide bonds.